The van der Waals surface area contributed by atoms with E-state index in [0.717, 1.165) is 25.7 Å². The van der Waals surface area contributed by atoms with Gasteiger partial charge in [0, 0.05) is 16.3 Å². The average molecular weight is 396 g/mol. The van der Waals surface area contributed by atoms with E-state index in [2.05, 4.69) is 21.2 Å². The van der Waals surface area contributed by atoms with Gasteiger partial charge < -0.3 is 5.32 Å². The van der Waals surface area contributed by atoms with Crippen LogP contribution < -0.4 is 10.9 Å². The zero-order valence-electron chi connectivity index (χ0n) is 10.0. The fourth-order valence-corrected chi connectivity index (χ4v) is 3.39. The number of benzene rings is 1. The Balaban J connectivity index is 2.24. The predicted octanol–water partition coefficient (Wildman–Crippen LogP) is 4.23. The van der Waals surface area contributed by atoms with E-state index in [4.69, 9.17) is 23.2 Å². The molecule has 0 radical (unpaired) electrons. The zero-order valence-corrected chi connectivity index (χ0v) is 13.9. The van der Waals surface area contributed by atoms with Crippen molar-refractivity contribution in [2.45, 2.75) is 6.42 Å². The van der Waals surface area contributed by atoms with Crippen LogP contribution in [0.2, 0.25) is 10.0 Å². The van der Waals surface area contributed by atoms with Gasteiger partial charge in [-0.25, -0.2) is 4.79 Å². The van der Waals surface area contributed by atoms with Crippen LogP contribution in [0.5, 0.6) is 0 Å². The van der Waals surface area contributed by atoms with Gasteiger partial charge in [-0.2, -0.15) is 3.96 Å². The molecule has 0 spiro atoms. The number of anilines is 1. The maximum absolute atomic E-state index is 12.1. The Hall–Kier alpha value is -0.820. The highest BCUT2D eigenvalue weighted by molar-refractivity contribution is 9.09. The third-order valence-corrected chi connectivity index (χ3v) is 4.71. The van der Waals surface area contributed by atoms with E-state index in [0.29, 0.717) is 17.1 Å². The lowest BCUT2D eigenvalue weighted by atomic mass is 10.3. The Morgan fingerprint density at radius 3 is 2.85 bits per heavy atom. The molecule has 0 aliphatic carbocycles. The SMILES string of the molecule is O=C(Nc1cccc(Cl)c1Cl)n1sc(CCBr)cc1=O. The lowest BCUT2D eigenvalue weighted by molar-refractivity contribution is 0.255. The fourth-order valence-electron chi connectivity index (χ4n) is 1.50. The summed E-state index contributed by atoms with van der Waals surface area (Å²) in [6.07, 6.45) is 0.693. The monoisotopic (exact) mass is 394 g/mol. The van der Waals surface area contributed by atoms with Crippen LogP contribution in [0.1, 0.15) is 4.88 Å². The minimum Gasteiger partial charge on any atom is -0.305 e. The quantitative estimate of drug-likeness (QED) is 0.790. The minimum absolute atomic E-state index is 0.243. The maximum atomic E-state index is 12.1. The third kappa shape index (κ3) is 3.44. The molecular formula is C12H9BrCl2N2O2S. The molecule has 0 fully saturated rings. The Morgan fingerprint density at radius 1 is 1.40 bits per heavy atom. The Bertz CT molecular complexity index is 699. The molecule has 2 rings (SSSR count). The van der Waals surface area contributed by atoms with E-state index in [-0.39, 0.29) is 10.6 Å². The van der Waals surface area contributed by atoms with Gasteiger partial charge in [-0.3, -0.25) is 4.79 Å². The van der Waals surface area contributed by atoms with E-state index in [1.165, 1.54) is 6.07 Å². The van der Waals surface area contributed by atoms with Crippen molar-refractivity contribution in [2.24, 2.45) is 0 Å². The summed E-state index contributed by atoms with van der Waals surface area (Å²) in [6.45, 7) is 0. The van der Waals surface area contributed by atoms with Crippen LogP contribution >= 0.6 is 50.7 Å². The van der Waals surface area contributed by atoms with E-state index in [9.17, 15) is 9.59 Å². The first-order chi connectivity index (χ1) is 9.52. The summed E-state index contributed by atoms with van der Waals surface area (Å²) >= 11 is 16.2. The summed E-state index contributed by atoms with van der Waals surface area (Å²) in [5, 5.41) is 3.88. The Morgan fingerprint density at radius 2 is 2.15 bits per heavy atom. The van der Waals surface area contributed by atoms with Crippen molar-refractivity contribution in [3.05, 3.63) is 49.5 Å². The number of nitrogens with zero attached hydrogens (tertiary/aromatic N) is 1. The lowest BCUT2D eigenvalue weighted by Crippen LogP contribution is -2.26. The van der Waals surface area contributed by atoms with Gasteiger partial charge in [0.25, 0.3) is 5.56 Å². The lowest BCUT2D eigenvalue weighted by Gasteiger charge is -2.07. The van der Waals surface area contributed by atoms with Gasteiger partial charge in [0.05, 0.1) is 15.7 Å². The predicted molar refractivity (Wildman–Crippen MR) is 87.0 cm³/mol. The van der Waals surface area contributed by atoms with Crippen molar-refractivity contribution in [2.75, 3.05) is 10.6 Å². The van der Waals surface area contributed by atoms with Gasteiger partial charge in [0.1, 0.15) is 0 Å². The largest absolute Gasteiger partial charge is 0.342 e. The van der Waals surface area contributed by atoms with Crippen molar-refractivity contribution < 1.29 is 4.79 Å². The number of halogens is 3. The first-order valence-corrected chi connectivity index (χ1v) is 8.21. The molecule has 8 heteroatoms. The summed E-state index contributed by atoms with van der Waals surface area (Å²) in [5.74, 6) is 0. The second-order valence-corrected chi connectivity index (χ2v) is 6.46. The molecule has 0 atom stereocenters. The van der Waals surface area contributed by atoms with Gasteiger partial charge in [0.15, 0.2) is 0 Å². The molecule has 1 aromatic carbocycles. The summed E-state index contributed by atoms with van der Waals surface area (Å²) < 4.78 is 1.05. The molecule has 1 heterocycles. The molecule has 1 N–H and O–H groups in total. The second-order valence-electron chi connectivity index (χ2n) is 3.81. The van der Waals surface area contributed by atoms with Crippen LogP contribution in [-0.4, -0.2) is 15.3 Å². The van der Waals surface area contributed by atoms with E-state index in [1.807, 2.05) is 0 Å². The Labute approximate surface area is 137 Å². The van der Waals surface area contributed by atoms with Crippen LogP contribution in [0.4, 0.5) is 10.5 Å². The van der Waals surface area contributed by atoms with E-state index >= 15 is 0 Å². The first-order valence-electron chi connectivity index (χ1n) is 5.56. The van der Waals surface area contributed by atoms with Gasteiger partial charge in [-0.05, 0) is 18.6 Å². The molecule has 0 saturated heterocycles. The van der Waals surface area contributed by atoms with E-state index in [1.54, 1.807) is 18.2 Å². The fraction of sp³-hybridized carbons (Fsp3) is 0.167. The number of carbonyl (C=O) groups excluding carboxylic acids is 1. The summed E-state index contributed by atoms with van der Waals surface area (Å²) in [6, 6.07) is 5.79. The summed E-state index contributed by atoms with van der Waals surface area (Å²) in [7, 11) is 0. The number of aromatic nitrogens is 1. The van der Waals surface area contributed by atoms with Crippen molar-refractivity contribution in [1.82, 2.24) is 3.96 Å². The molecule has 20 heavy (non-hydrogen) atoms. The topological polar surface area (TPSA) is 51.1 Å². The molecule has 4 nitrogen and oxygen atoms in total. The number of alkyl halides is 1. The molecule has 106 valence electrons. The standard InChI is InChI=1S/C12H9BrCl2N2O2S/c13-5-4-7-6-10(18)17(20-7)12(19)16-9-3-1-2-8(14)11(9)15/h1-3,6H,4-5H2,(H,16,19). The smallest absolute Gasteiger partial charge is 0.305 e. The van der Waals surface area contributed by atoms with Crippen molar-refractivity contribution in [3.63, 3.8) is 0 Å². The number of hydrogen-bond acceptors (Lipinski definition) is 3. The maximum Gasteiger partial charge on any atom is 0.342 e. The number of hydrogen-bond donors (Lipinski definition) is 1. The van der Waals surface area contributed by atoms with Crippen LogP contribution in [0.15, 0.2) is 29.1 Å². The molecule has 1 aromatic heterocycles. The summed E-state index contributed by atoms with van der Waals surface area (Å²) in [4.78, 5) is 24.6. The third-order valence-electron chi connectivity index (χ3n) is 2.41. The van der Waals surface area contributed by atoms with Gasteiger partial charge >= 0.3 is 6.03 Å². The highest BCUT2D eigenvalue weighted by Crippen LogP contribution is 2.29. The molecule has 0 aliphatic rings. The number of nitrogens with one attached hydrogen (secondary N) is 1. The molecule has 0 bridgehead atoms. The van der Waals surface area contributed by atoms with Crippen molar-refractivity contribution in [1.29, 1.82) is 0 Å². The van der Waals surface area contributed by atoms with Gasteiger partial charge in [-0.15, -0.1) is 0 Å². The number of amides is 1. The van der Waals surface area contributed by atoms with Gasteiger partial charge in [0.2, 0.25) is 0 Å². The number of aryl methyl sites for hydroxylation is 1. The van der Waals surface area contributed by atoms with E-state index < -0.39 is 6.03 Å². The van der Waals surface area contributed by atoms with Crippen LogP contribution in [0.25, 0.3) is 0 Å². The van der Waals surface area contributed by atoms with Gasteiger partial charge in [-0.1, -0.05) is 56.7 Å². The Kier molecular flexibility index (Phi) is 5.26. The normalized spacial score (nSPS) is 10.6. The molecule has 2 aromatic rings. The molecular weight excluding hydrogens is 387 g/mol. The van der Waals surface area contributed by atoms with Crippen LogP contribution in [-0.2, 0) is 6.42 Å². The highest BCUT2D eigenvalue weighted by Gasteiger charge is 2.14. The molecule has 0 unspecified atom stereocenters. The molecule has 0 aliphatic heterocycles. The number of rotatable bonds is 3. The number of carbonyl (C=O) groups is 1. The minimum atomic E-state index is -0.551. The van der Waals surface area contributed by atoms with Crippen molar-refractivity contribution in [3.8, 4) is 0 Å². The highest BCUT2D eigenvalue weighted by atomic mass is 79.9. The second kappa shape index (κ2) is 6.76. The average Bonchev–Trinajstić information content (AvgIpc) is 2.76. The first kappa shape index (κ1) is 15.6. The van der Waals surface area contributed by atoms with Crippen LogP contribution in [0, 0.1) is 0 Å². The summed E-state index contributed by atoms with van der Waals surface area (Å²) in [5.41, 5.74) is 0.00751. The zero-order chi connectivity index (χ0) is 14.7. The van der Waals surface area contributed by atoms with Crippen LogP contribution in [0.3, 0.4) is 0 Å². The van der Waals surface area contributed by atoms with Crippen molar-refractivity contribution >= 4 is 62.4 Å². The molecule has 1 amide bonds. The molecule has 0 saturated carbocycles.